The van der Waals surface area contributed by atoms with E-state index in [2.05, 4.69) is 36.9 Å². The number of thiazole rings is 1. The third-order valence-corrected chi connectivity index (χ3v) is 5.08. The first-order chi connectivity index (χ1) is 9.13. The van der Waals surface area contributed by atoms with Crippen molar-refractivity contribution in [2.45, 2.75) is 6.92 Å². The van der Waals surface area contributed by atoms with E-state index in [9.17, 15) is 0 Å². The zero-order valence-corrected chi connectivity index (χ0v) is 13.1. The Morgan fingerprint density at radius 1 is 1.21 bits per heavy atom. The first-order valence-electron chi connectivity index (χ1n) is 5.43. The summed E-state index contributed by atoms with van der Waals surface area (Å²) in [4.78, 5) is 14.1. The van der Waals surface area contributed by atoms with Crippen molar-refractivity contribution >= 4 is 44.4 Å². The second-order valence-electron chi connectivity index (χ2n) is 3.88. The Kier molecular flexibility index (Phi) is 3.34. The number of aromatic nitrogens is 3. The predicted molar refractivity (Wildman–Crippen MR) is 83.3 cm³/mol. The molecule has 3 heterocycles. The van der Waals surface area contributed by atoms with E-state index in [0.717, 1.165) is 25.6 Å². The molecular formula is C12H9BrN4S2. The maximum absolute atomic E-state index is 5.92. The molecule has 3 aromatic heterocycles. The fraction of sp³-hybridized carbons (Fsp3) is 0.0833. The summed E-state index contributed by atoms with van der Waals surface area (Å²) in [6, 6.07) is 2.05. The molecule has 3 aromatic rings. The molecule has 0 fully saturated rings. The van der Waals surface area contributed by atoms with Gasteiger partial charge < -0.3 is 5.73 Å². The van der Waals surface area contributed by atoms with Gasteiger partial charge >= 0.3 is 0 Å². The van der Waals surface area contributed by atoms with Gasteiger partial charge in [0.15, 0.2) is 0 Å². The van der Waals surface area contributed by atoms with E-state index in [1.807, 2.05) is 17.7 Å². The number of rotatable bonds is 2. The molecule has 0 radical (unpaired) electrons. The minimum Gasteiger partial charge on any atom is -0.383 e. The maximum Gasteiger partial charge on any atom is 0.137 e. The number of hydrogen-bond donors (Lipinski definition) is 1. The number of halogens is 1. The second-order valence-corrected chi connectivity index (χ2v) is 6.57. The topological polar surface area (TPSA) is 64.7 Å². The molecule has 0 saturated heterocycles. The maximum atomic E-state index is 5.92. The van der Waals surface area contributed by atoms with Gasteiger partial charge in [-0.3, -0.25) is 0 Å². The quantitative estimate of drug-likeness (QED) is 0.757. The van der Waals surface area contributed by atoms with Crippen molar-refractivity contribution in [1.29, 1.82) is 0 Å². The van der Waals surface area contributed by atoms with Crippen molar-refractivity contribution in [3.05, 3.63) is 33.3 Å². The van der Waals surface area contributed by atoms with Crippen LogP contribution in [-0.2, 0) is 0 Å². The Balaban J connectivity index is 2.01. The summed E-state index contributed by atoms with van der Waals surface area (Å²) in [6.07, 6.45) is 1.73. The van der Waals surface area contributed by atoms with Gasteiger partial charge in [-0.15, -0.1) is 22.7 Å². The Hall–Kier alpha value is -1.31. The molecule has 0 aliphatic heterocycles. The smallest absolute Gasteiger partial charge is 0.137 e. The van der Waals surface area contributed by atoms with Crippen molar-refractivity contribution in [2.24, 2.45) is 0 Å². The molecular weight excluding hydrogens is 344 g/mol. The molecule has 0 atom stereocenters. The van der Waals surface area contributed by atoms with Crippen LogP contribution in [0.3, 0.4) is 0 Å². The van der Waals surface area contributed by atoms with Crippen LogP contribution >= 0.6 is 38.6 Å². The van der Waals surface area contributed by atoms with Gasteiger partial charge in [-0.25, -0.2) is 15.0 Å². The summed E-state index contributed by atoms with van der Waals surface area (Å²) in [5.41, 5.74) is 7.66. The van der Waals surface area contributed by atoms with Crippen LogP contribution < -0.4 is 5.73 Å². The van der Waals surface area contributed by atoms with Gasteiger partial charge in [-0.05, 0) is 28.9 Å². The molecule has 3 rings (SSSR count). The van der Waals surface area contributed by atoms with Gasteiger partial charge in [0, 0.05) is 21.4 Å². The Bertz CT molecular complexity index is 735. The highest BCUT2D eigenvalue weighted by molar-refractivity contribution is 9.10. The van der Waals surface area contributed by atoms with Gasteiger partial charge in [0.25, 0.3) is 0 Å². The first kappa shape index (κ1) is 12.7. The average molecular weight is 353 g/mol. The lowest BCUT2D eigenvalue weighted by Gasteiger charge is -2.00. The molecule has 2 N–H and O–H groups in total. The Morgan fingerprint density at radius 3 is 2.74 bits per heavy atom. The molecule has 0 saturated carbocycles. The van der Waals surface area contributed by atoms with Gasteiger partial charge in [-0.1, -0.05) is 0 Å². The van der Waals surface area contributed by atoms with Crippen molar-refractivity contribution in [3.63, 3.8) is 0 Å². The number of nitrogen functional groups attached to an aromatic ring is 1. The van der Waals surface area contributed by atoms with Crippen LogP contribution in [-0.4, -0.2) is 15.0 Å². The highest BCUT2D eigenvalue weighted by Gasteiger charge is 2.12. The lowest BCUT2D eigenvalue weighted by atomic mass is 10.3. The van der Waals surface area contributed by atoms with Gasteiger partial charge in [0.1, 0.15) is 16.6 Å². The van der Waals surface area contributed by atoms with E-state index in [1.165, 1.54) is 0 Å². The van der Waals surface area contributed by atoms with E-state index >= 15 is 0 Å². The zero-order chi connectivity index (χ0) is 13.4. The lowest BCUT2D eigenvalue weighted by molar-refractivity contribution is 1.06. The van der Waals surface area contributed by atoms with Crippen LogP contribution in [0.25, 0.3) is 21.1 Å². The first-order valence-corrected chi connectivity index (χ1v) is 7.98. The van der Waals surface area contributed by atoms with Crippen LogP contribution in [0.2, 0.25) is 0 Å². The molecule has 0 spiro atoms. The summed E-state index contributed by atoms with van der Waals surface area (Å²) in [5.74, 6) is 1.14. The van der Waals surface area contributed by atoms with Crippen molar-refractivity contribution in [2.75, 3.05) is 5.73 Å². The van der Waals surface area contributed by atoms with Gasteiger partial charge in [-0.2, -0.15) is 0 Å². The van der Waals surface area contributed by atoms with E-state index in [4.69, 9.17) is 5.73 Å². The number of hydrogen-bond acceptors (Lipinski definition) is 6. The standard InChI is InChI=1S/C12H9BrN4S2/c1-6-15-3-8(11(14)16-6)12-17-9(5-19-12)10-2-7(13)4-18-10/h2-5H,1H3,(H2,14,15,16). The predicted octanol–water partition coefficient (Wildman–Crippen LogP) is 3.98. The molecule has 0 unspecified atom stereocenters. The molecule has 19 heavy (non-hydrogen) atoms. The molecule has 0 aliphatic rings. The second kappa shape index (κ2) is 4.99. The molecule has 0 aromatic carbocycles. The van der Waals surface area contributed by atoms with E-state index < -0.39 is 0 Å². The van der Waals surface area contributed by atoms with E-state index in [1.54, 1.807) is 28.9 Å². The van der Waals surface area contributed by atoms with Crippen molar-refractivity contribution < 1.29 is 0 Å². The highest BCUT2D eigenvalue weighted by atomic mass is 79.9. The molecule has 0 aliphatic carbocycles. The van der Waals surface area contributed by atoms with E-state index in [0.29, 0.717) is 11.6 Å². The minimum atomic E-state index is 0.473. The third kappa shape index (κ3) is 2.54. The van der Waals surface area contributed by atoms with Gasteiger partial charge in [0.2, 0.25) is 0 Å². The summed E-state index contributed by atoms with van der Waals surface area (Å²) >= 11 is 6.65. The summed E-state index contributed by atoms with van der Waals surface area (Å²) in [6.45, 7) is 1.82. The number of thiophene rings is 1. The molecule has 0 bridgehead atoms. The van der Waals surface area contributed by atoms with Crippen molar-refractivity contribution in [3.8, 4) is 21.1 Å². The largest absolute Gasteiger partial charge is 0.383 e. The van der Waals surface area contributed by atoms with Crippen LogP contribution in [0.5, 0.6) is 0 Å². The monoisotopic (exact) mass is 352 g/mol. The minimum absolute atomic E-state index is 0.473. The van der Waals surface area contributed by atoms with Crippen LogP contribution in [0.4, 0.5) is 5.82 Å². The number of anilines is 1. The third-order valence-electron chi connectivity index (χ3n) is 2.49. The summed E-state index contributed by atoms with van der Waals surface area (Å²) in [5, 5.41) is 4.90. The van der Waals surface area contributed by atoms with Crippen LogP contribution in [0.15, 0.2) is 27.5 Å². The summed E-state index contributed by atoms with van der Waals surface area (Å²) in [7, 11) is 0. The zero-order valence-electron chi connectivity index (χ0n) is 9.92. The van der Waals surface area contributed by atoms with Crippen molar-refractivity contribution in [1.82, 2.24) is 15.0 Å². The van der Waals surface area contributed by atoms with E-state index in [-0.39, 0.29) is 0 Å². The number of nitrogens with zero attached hydrogens (tertiary/aromatic N) is 3. The average Bonchev–Trinajstić information content (AvgIpc) is 2.97. The molecule has 0 amide bonds. The summed E-state index contributed by atoms with van der Waals surface area (Å²) < 4.78 is 1.07. The number of nitrogens with two attached hydrogens (primary N) is 1. The Morgan fingerprint density at radius 2 is 2.05 bits per heavy atom. The molecule has 7 heteroatoms. The molecule has 4 nitrogen and oxygen atoms in total. The van der Waals surface area contributed by atoms with Crippen LogP contribution in [0.1, 0.15) is 5.82 Å². The number of aryl methyl sites for hydroxylation is 1. The SMILES string of the molecule is Cc1ncc(-c2nc(-c3cc(Br)cs3)cs2)c(N)n1. The molecule has 96 valence electrons. The fourth-order valence-electron chi connectivity index (χ4n) is 1.61. The highest BCUT2D eigenvalue weighted by Crippen LogP contribution is 2.34. The Labute approximate surface area is 126 Å². The normalized spacial score (nSPS) is 10.8. The van der Waals surface area contributed by atoms with Gasteiger partial charge in [0.05, 0.1) is 16.1 Å². The fourth-order valence-corrected chi connectivity index (χ4v) is 3.91. The lowest BCUT2D eigenvalue weighted by Crippen LogP contribution is -1.97. The van der Waals surface area contributed by atoms with Crippen LogP contribution in [0, 0.1) is 6.92 Å².